The van der Waals surface area contributed by atoms with E-state index in [0.717, 1.165) is 23.8 Å². The molecule has 0 unspecified atom stereocenters. The average Bonchev–Trinajstić information content (AvgIpc) is 3.11. The van der Waals surface area contributed by atoms with Crippen molar-refractivity contribution in [1.82, 2.24) is 0 Å². The molecule has 0 atom stereocenters. The second-order valence-electron chi connectivity index (χ2n) is 12.4. The van der Waals surface area contributed by atoms with Gasteiger partial charge in [0.2, 0.25) is 11.8 Å². The number of aryl methyl sites for hydroxylation is 1. The lowest BCUT2D eigenvalue weighted by atomic mass is 9.87. The SMILES string of the molecule is Cc1cc(Cl)cc(-c2c(C(N)=O)cc(C(F)(F)F)cc2-c2ccc(O)cc2)c1.NC(=O)c1cc(C(F)(F)F)cc(-c2ccc(O)cc2)c1-c1cc(Cl)ccc1Cl. The molecule has 288 valence electrons. The Morgan fingerprint density at radius 1 is 0.518 bits per heavy atom. The highest BCUT2D eigenvalue weighted by molar-refractivity contribution is 6.36. The van der Waals surface area contributed by atoms with Gasteiger partial charge in [-0.05, 0) is 119 Å². The number of aromatic hydroxyl groups is 2. The third-order valence-electron chi connectivity index (χ3n) is 8.35. The van der Waals surface area contributed by atoms with Crippen LogP contribution in [0, 0.1) is 6.92 Å². The van der Waals surface area contributed by atoms with Gasteiger partial charge in [-0.15, -0.1) is 0 Å². The highest BCUT2D eigenvalue weighted by atomic mass is 35.5. The Kier molecular flexibility index (Phi) is 12.0. The van der Waals surface area contributed by atoms with Crippen LogP contribution in [0.25, 0.3) is 44.5 Å². The van der Waals surface area contributed by atoms with Crippen molar-refractivity contribution in [3.63, 3.8) is 0 Å². The highest BCUT2D eigenvalue weighted by Gasteiger charge is 2.35. The van der Waals surface area contributed by atoms with Gasteiger partial charge in [0.25, 0.3) is 0 Å². The van der Waals surface area contributed by atoms with Gasteiger partial charge in [0.1, 0.15) is 11.5 Å². The molecule has 0 bridgehead atoms. The molecule has 0 fully saturated rings. The molecule has 0 radical (unpaired) electrons. The first-order chi connectivity index (χ1) is 26.1. The normalized spacial score (nSPS) is 11.5. The van der Waals surface area contributed by atoms with Crippen LogP contribution in [0.15, 0.2) is 109 Å². The van der Waals surface area contributed by atoms with Crippen LogP contribution < -0.4 is 11.5 Å². The number of halogens is 9. The van der Waals surface area contributed by atoms with Crippen LogP contribution in [0.1, 0.15) is 37.4 Å². The van der Waals surface area contributed by atoms with Crippen molar-refractivity contribution in [2.75, 3.05) is 0 Å². The number of benzene rings is 6. The molecular weight excluding hydrogens is 805 g/mol. The summed E-state index contributed by atoms with van der Waals surface area (Å²) in [7, 11) is 0. The van der Waals surface area contributed by atoms with Gasteiger partial charge in [-0.2, -0.15) is 26.3 Å². The van der Waals surface area contributed by atoms with Crippen molar-refractivity contribution in [2.24, 2.45) is 11.5 Å². The molecule has 15 heteroatoms. The zero-order valence-corrected chi connectivity index (χ0v) is 30.9. The minimum Gasteiger partial charge on any atom is -0.508 e. The second kappa shape index (κ2) is 16.2. The molecule has 6 nitrogen and oxygen atoms in total. The van der Waals surface area contributed by atoms with E-state index in [0.29, 0.717) is 27.8 Å². The Morgan fingerprint density at radius 2 is 0.964 bits per heavy atom. The summed E-state index contributed by atoms with van der Waals surface area (Å²) >= 11 is 18.4. The van der Waals surface area contributed by atoms with Crippen LogP contribution in [0.2, 0.25) is 15.1 Å². The Balaban J connectivity index is 0.000000214. The molecule has 6 aromatic carbocycles. The van der Waals surface area contributed by atoms with Crippen LogP contribution in [0.3, 0.4) is 0 Å². The maximum Gasteiger partial charge on any atom is 0.416 e. The van der Waals surface area contributed by atoms with E-state index in [1.54, 1.807) is 25.1 Å². The Morgan fingerprint density at radius 3 is 1.39 bits per heavy atom. The minimum absolute atomic E-state index is 0.0361. The van der Waals surface area contributed by atoms with E-state index < -0.39 is 35.3 Å². The van der Waals surface area contributed by atoms with Gasteiger partial charge < -0.3 is 21.7 Å². The topological polar surface area (TPSA) is 127 Å². The maximum atomic E-state index is 13.4. The van der Waals surface area contributed by atoms with E-state index in [1.165, 1.54) is 66.7 Å². The van der Waals surface area contributed by atoms with Crippen molar-refractivity contribution >= 4 is 46.6 Å². The molecule has 0 saturated carbocycles. The first-order valence-electron chi connectivity index (χ1n) is 16.1. The fourth-order valence-corrected chi connectivity index (χ4v) is 6.58. The minimum atomic E-state index is -4.70. The van der Waals surface area contributed by atoms with E-state index in [4.69, 9.17) is 46.3 Å². The molecule has 0 spiro atoms. The summed E-state index contributed by atoms with van der Waals surface area (Å²) in [4.78, 5) is 24.1. The summed E-state index contributed by atoms with van der Waals surface area (Å²) < 4.78 is 80.6. The summed E-state index contributed by atoms with van der Waals surface area (Å²) in [6.07, 6.45) is -9.37. The molecule has 0 saturated heterocycles. The number of carbonyl (C=O) groups excluding carboxylic acids is 2. The van der Waals surface area contributed by atoms with Crippen molar-refractivity contribution in [3.8, 4) is 56.0 Å². The summed E-state index contributed by atoms with van der Waals surface area (Å²) in [5, 5.41) is 19.9. The molecule has 6 aromatic rings. The zero-order valence-electron chi connectivity index (χ0n) is 28.7. The Hall–Kier alpha value is -5.69. The first kappa shape index (κ1) is 41.5. The Bertz CT molecular complexity index is 2450. The number of alkyl halides is 6. The van der Waals surface area contributed by atoms with E-state index in [1.807, 2.05) is 0 Å². The summed E-state index contributed by atoms with van der Waals surface area (Å²) in [6.45, 7) is 1.78. The number of phenols is 2. The number of hydrogen-bond acceptors (Lipinski definition) is 4. The number of phenolic OH excluding ortho intramolecular Hbond substituents is 2. The van der Waals surface area contributed by atoms with Crippen molar-refractivity contribution in [2.45, 2.75) is 19.3 Å². The average molecular weight is 832 g/mol. The van der Waals surface area contributed by atoms with Gasteiger partial charge in [0, 0.05) is 42.9 Å². The lowest BCUT2D eigenvalue weighted by Crippen LogP contribution is -2.16. The molecule has 0 aliphatic carbocycles. The van der Waals surface area contributed by atoms with Crippen LogP contribution in [0.5, 0.6) is 11.5 Å². The molecule has 6 rings (SSSR count). The van der Waals surface area contributed by atoms with Gasteiger partial charge in [0.05, 0.1) is 11.1 Å². The van der Waals surface area contributed by atoms with Crippen molar-refractivity contribution in [1.29, 1.82) is 0 Å². The van der Waals surface area contributed by atoms with E-state index in [9.17, 15) is 46.1 Å². The van der Waals surface area contributed by atoms with E-state index >= 15 is 0 Å². The summed E-state index contributed by atoms with van der Waals surface area (Å²) in [6, 6.07) is 23.9. The third-order valence-corrected chi connectivity index (χ3v) is 9.13. The van der Waals surface area contributed by atoms with E-state index in [-0.39, 0.29) is 60.5 Å². The van der Waals surface area contributed by atoms with Gasteiger partial charge in [-0.25, -0.2) is 0 Å². The molecule has 0 heterocycles. The number of amides is 2. The fourth-order valence-electron chi connectivity index (χ4n) is 5.91. The largest absolute Gasteiger partial charge is 0.508 e. The molecule has 0 aliphatic rings. The smallest absolute Gasteiger partial charge is 0.416 e. The van der Waals surface area contributed by atoms with Crippen LogP contribution in [-0.2, 0) is 12.4 Å². The highest BCUT2D eigenvalue weighted by Crippen LogP contribution is 2.44. The molecule has 56 heavy (non-hydrogen) atoms. The van der Waals surface area contributed by atoms with Gasteiger partial charge in [0.15, 0.2) is 0 Å². The number of rotatable bonds is 6. The van der Waals surface area contributed by atoms with Gasteiger partial charge in [-0.3, -0.25) is 9.59 Å². The van der Waals surface area contributed by atoms with E-state index in [2.05, 4.69) is 0 Å². The standard InChI is InChI=1S/C21H15ClF3NO2.C20H12Cl2F3NO2/c1-11-6-13(8-15(22)7-11)19-17(12-2-4-16(27)5-3-12)9-14(21(23,24)25)10-18(19)20(26)28;21-12-3-6-17(22)15(9-12)18-14(10-1-4-13(27)5-2-10)7-11(20(23,24)25)8-16(18)19(26)28/h2-10,27H,1H3,(H2,26,28);1-9,27H,(H2,26,28). The zero-order chi connectivity index (χ0) is 41.3. The molecule has 0 aliphatic heterocycles. The van der Waals surface area contributed by atoms with Crippen LogP contribution in [0.4, 0.5) is 26.3 Å². The Labute approximate surface area is 330 Å². The third kappa shape index (κ3) is 9.39. The fraction of sp³-hybridized carbons (Fsp3) is 0.0732. The lowest BCUT2D eigenvalue weighted by Gasteiger charge is -2.19. The number of primary amides is 2. The summed E-state index contributed by atoms with van der Waals surface area (Å²) in [5.74, 6) is -2.13. The van der Waals surface area contributed by atoms with Crippen LogP contribution >= 0.6 is 34.8 Å². The van der Waals surface area contributed by atoms with Crippen LogP contribution in [-0.4, -0.2) is 22.0 Å². The monoisotopic (exact) mass is 830 g/mol. The van der Waals surface area contributed by atoms with Gasteiger partial charge >= 0.3 is 12.4 Å². The number of nitrogens with two attached hydrogens (primary N) is 2. The first-order valence-corrected chi connectivity index (χ1v) is 17.2. The predicted octanol–water partition coefficient (Wildman–Crippen LogP) is 12.0. The van der Waals surface area contributed by atoms with Crippen molar-refractivity contribution < 1.29 is 46.1 Å². The van der Waals surface area contributed by atoms with Crippen molar-refractivity contribution in [3.05, 3.63) is 152 Å². The molecule has 6 N–H and O–H groups in total. The predicted molar refractivity (Wildman–Crippen MR) is 205 cm³/mol. The van der Waals surface area contributed by atoms with Gasteiger partial charge in [-0.1, -0.05) is 65.1 Å². The molecular formula is C41H27Cl3F6N2O4. The lowest BCUT2D eigenvalue weighted by molar-refractivity contribution is -0.138. The second-order valence-corrected chi connectivity index (χ2v) is 13.6. The quantitative estimate of drug-likeness (QED) is 0.125. The number of carbonyl (C=O) groups is 2. The number of hydrogen-bond donors (Lipinski definition) is 4. The molecule has 0 aromatic heterocycles. The molecule has 2 amide bonds. The summed E-state index contributed by atoms with van der Waals surface area (Å²) in [5.41, 5.74) is 11.0. The maximum absolute atomic E-state index is 13.4.